The van der Waals surface area contributed by atoms with Gasteiger partial charge in [-0.15, -0.1) is 0 Å². The molecule has 22 heavy (non-hydrogen) atoms. The molecule has 1 aromatic heterocycles. The van der Waals surface area contributed by atoms with Crippen LogP contribution in [0.2, 0.25) is 0 Å². The second-order valence-corrected chi connectivity index (χ2v) is 5.16. The third-order valence-electron chi connectivity index (χ3n) is 3.63. The van der Waals surface area contributed by atoms with Crippen molar-refractivity contribution in [2.75, 3.05) is 36.4 Å². The van der Waals surface area contributed by atoms with E-state index in [-0.39, 0.29) is 0 Å². The van der Waals surface area contributed by atoms with Gasteiger partial charge in [0.15, 0.2) is 0 Å². The molecular formula is C16H20N6. The first kappa shape index (κ1) is 14.3. The van der Waals surface area contributed by atoms with Crippen LogP contribution in [-0.2, 0) is 0 Å². The third kappa shape index (κ3) is 3.53. The van der Waals surface area contributed by atoms with Crippen LogP contribution in [0.5, 0.6) is 0 Å². The van der Waals surface area contributed by atoms with Gasteiger partial charge >= 0.3 is 0 Å². The molecule has 0 spiro atoms. The molecule has 0 atom stereocenters. The Morgan fingerprint density at radius 2 is 1.82 bits per heavy atom. The molecule has 1 aliphatic rings. The molecule has 0 saturated carbocycles. The number of hydrogen-bond acceptors (Lipinski definition) is 6. The molecule has 0 unspecified atom stereocenters. The van der Waals surface area contributed by atoms with Crippen LogP contribution in [0.15, 0.2) is 47.7 Å². The minimum absolute atomic E-state index is 0.738. The molecule has 0 bridgehead atoms. The van der Waals surface area contributed by atoms with Crippen molar-refractivity contribution in [3.63, 3.8) is 0 Å². The van der Waals surface area contributed by atoms with Crippen LogP contribution >= 0.6 is 0 Å². The first-order chi connectivity index (χ1) is 10.8. The summed E-state index contributed by atoms with van der Waals surface area (Å²) >= 11 is 0. The number of nitrogens with zero attached hydrogens (tertiary/aromatic N) is 3. The van der Waals surface area contributed by atoms with Crippen molar-refractivity contribution < 1.29 is 0 Å². The summed E-state index contributed by atoms with van der Waals surface area (Å²) in [5.74, 6) is 5.10. The van der Waals surface area contributed by atoms with Gasteiger partial charge in [-0.25, -0.2) is 0 Å². The summed E-state index contributed by atoms with van der Waals surface area (Å²) in [7, 11) is 0. The van der Waals surface area contributed by atoms with Crippen molar-refractivity contribution >= 4 is 23.3 Å². The fourth-order valence-electron chi connectivity index (χ4n) is 2.48. The number of aromatic nitrogens is 1. The Hall–Kier alpha value is -2.60. The van der Waals surface area contributed by atoms with Crippen molar-refractivity contribution in [2.24, 2.45) is 10.9 Å². The number of hydrogen-bond donors (Lipinski definition) is 3. The smallest absolute Gasteiger partial charge is 0.0831 e. The molecule has 4 N–H and O–H groups in total. The number of pyridine rings is 1. The molecule has 6 nitrogen and oxygen atoms in total. The zero-order chi connectivity index (χ0) is 15.2. The van der Waals surface area contributed by atoms with Crippen molar-refractivity contribution in [1.29, 1.82) is 0 Å². The minimum atomic E-state index is 0.738. The van der Waals surface area contributed by atoms with E-state index in [9.17, 15) is 0 Å². The summed E-state index contributed by atoms with van der Waals surface area (Å²) in [4.78, 5) is 6.64. The molecule has 0 amide bonds. The highest BCUT2D eigenvalue weighted by atomic mass is 15.2. The van der Waals surface area contributed by atoms with E-state index < -0.39 is 0 Å². The van der Waals surface area contributed by atoms with Crippen LogP contribution in [0, 0.1) is 0 Å². The van der Waals surface area contributed by atoms with Crippen LogP contribution in [0.1, 0.15) is 5.69 Å². The topological polar surface area (TPSA) is 78.6 Å². The summed E-state index contributed by atoms with van der Waals surface area (Å²) in [6.07, 6.45) is 3.28. The van der Waals surface area contributed by atoms with Crippen molar-refractivity contribution in [3.05, 3.63) is 48.3 Å². The largest absolute Gasteiger partial charge is 0.369 e. The van der Waals surface area contributed by atoms with Gasteiger partial charge in [-0.05, 0) is 36.4 Å². The lowest BCUT2D eigenvalue weighted by Crippen LogP contribution is -2.43. The maximum atomic E-state index is 5.10. The van der Waals surface area contributed by atoms with Gasteiger partial charge in [0, 0.05) is 37.6 Å². The summed E-state index contributed by atoms with van der Waals surface area (Å²) in [6, 6.07) is 12.3. The Labute approximate surface area is 130 Å². The van der Waals surface area contributed by atoms with Gasteiger partial charge in [-0.1, -0.05) is 0 Å². The van der Waals surface area contributed by atoms with E-state index in [4.69, 9.17) is 5.84 Å². The Morgan fingerprint density at radius 1 is 1.09 bits per heavy atom. The van der Waals surface area contributed by atoms with Gasteiger partial charge in [0.05, 0.1) is 23.8 Å². The van der Waals surface area contributed by atoms with Crippen molar-refractivity contribution in [2.45, 2.75) is 0 Å². The molecule has 1 aromatic carbocycles. The normalized spacial score (nSPS) is 15.2. The first-order valence-electron chi connectivity index (χ1n) is 7.37. The molecule has 0 radical (unpaired) electrons. The number of piperazine rings is 1. The second kappa shape index (κ2) is 6.91. The molecule has 2 aromatic rings. The van der Waals surface area contributed by atoms with Gasteiger partial charge in [-0.3, -0.25) is 4.98 Å². The van der Waals surface area contributed by atoms with Gasteiger partial charge in [0.2, 0.25) is 0 Å². The molecule has 6 heteroatoms. The monoisotopic (exact) mass is 296 g/mol. The van der Waals surface area contributed by atoms with Gasteiger partial charge in [0.1, 0.15) is 0 Å². The Bertz CT molecular complexity index is 614. The van der Waals surface area contributed by atoms with Crippen LogP contribution < -0.4 is 21.4 Å². The summed E-state index contributed by atoms with van der Waals surface area (Å²) in [5, 5.41) is 10.2. The summed E-state index contributed by atoms with van der Waals surface area (Å²) < 4.78 is 0. The summed E-state index contributed by atoms with van der Waals surface area (Å²) in [5.41, 5.74) is 3.98. The van der Waals surface area contributed by atoms with Crippen LogP contribution in [0.25, 0.3) is 0 Å². The quantitative estimate of drug-likeness (QED) is 0.453. The molecule has 1 saturated heterocycles. The number of hydrazone groups is 1. The van der Waals surface area contributed by atoms with E-state index in [2.05, 4.69) is 49.9 Å². The highest BCUT2D eigenvalue weighted by molar-refractivity contribution is 5.77. The van der Waals surface area contributed by atoms with Gasteiger partial charge < -0.3 is 21.4 Å². The minimum Gasteiger partial charge on any atom is -0.369 e. The standard InChI is InChI=1S/C16H20N6/c17-20-12-14-1-2-15(11-19-14)21-13-3-5-16(6-4-13)22-9-7-18-8-10-22/h1-6,11-12,18,21H,7-10,17H2/b20-12+. The second-order valence-electron chi connectivity index (χ2n) is 5.16. The Morgan fingerprint density at radius 3 is 2.45 bits per heavy atom. The summed E-state index contributed by atoms with van der Waals surface area (Å²) in [6.45, 7) is 4.20. The van der Waals surface area contributed by atoms with E-state index in [1.807, 2.05) is 12.1 Å². The highest BCUT2D eigenvalue weighted by Gasteiger charge is 2.09. The molecule has 3 rings (SSSR count). The predicted octanol–water partition coefficient (Wildman–Crippen LogP) is 1.53. The fraction of sp³-hybridized carbons (Fsp3) is 0.250. The molecule has 1 fully saturated rings. The van der Waals surface area contributed by atoms with Crippen molar-refractivity contribution in [1.82, 2.24) is 10.3 Å². The van der Waals surface area contributed by atoms with Crippen LogP contribution in [0.4, 0.5) is 17.1 Å². The van der Waals surface area contributed by atoms with E-state index in [1.165, 1.54) is 11.9 Å². The predicted molar refractivity (Wildman–Crippen MR) is 90.8 cm³/mol. The number of benzene rings is 1. The SMILES string of the molecule is N/N=C/c1ccc(Nc2ccc(N3CCNCC3)cc2)cn1. The first-order valence-corrected chi connectivity index (χ1v) is 7.37. The third-order valence-corrected chi connectivity index (χ3v) is 3.63. The fourth-order valence-corrected chi connectivity index (χ4v) is 2.48. The average molecular weight is 296 g/mol. The zero-order valence-electron chi connectivity index (χ0n) is 12.4. The molecule has 0 aliphatic carbocycles. The number of anilines is 3. The molecule has 114 valence electrons. The Kier molecular flexibility index (Phi) is 4.50. The lowest BCUT2D eigenvalue weighted by molar-refractivity contribution is 0.589. The van der Waals surface area contributed by atoms with Crippen LogP contribution in [-0.4, -0.2) is 37.4 Å². The Balaban J connectivity index is 1.65. The number of nitrogens with two attached hydrogens (primary N) is 1. The van der Waals surface area contributed by atoms with E-state index in [1.54, 1.807) is 6.20 Å². The van der Waals surface area contributed by atoms with Gasteiger partial charge in [0.25, 0.3) is 0 Å². The molecule has 1 aliphatic heterocycles. The lowest BCUT2D eigenvalue weighted by Gasteiger charge is -2.29. The van der Waals surface area contributed by atoms with Gasteiger partial charge in [-0.2, -0.15) is 5.10 Å². The molecular weight excluding hydrogens is 276 g/mol. The molecule has 2 heterocycles. The zero-order valence-corrected chi connectivity index (χ0v) is 12.4. The van der Waals surface area contributed by atoms with Crippen molar-refractivity contribution in [3.8, 4) is 0 Å². The maximum absolute atomic E-state index is 5.10. The number of rotatable bonds is 4. The number of nitrogens with one attached hydrogen (secondary N) is 2. The van der Waals surface area contributed by atoms with E-state index >= 15 is 0 Å². The van der Waals surface area contributed by atoms with E-state index in [0.29, 0.717) is 0 Å². The lowest BCUT2D eigenvalue weighted by atomic mass is 10.2. The highest BCUT2D eigenvalue weighted by Crippen LogP contribution is 2.21. The maximum Gasteiger partial charge on any atom is 0.0831 e. The average Bonchev–Trinajstić information content (AvgIpc) is 2.58. The van der Waals surface area contributed by atoms with Crippen LogP contribution in [0.3, 0.4) is 0 Å². The van der Waals surface area contributed by atoms with E-state index in [0.717, 1.165) is 43.2 Å².